The van der Waals surface area contributed by atoms with E-state index in [1.54, 1.807) is 18.2 Å². The van der Waals surface area contributed by atoms with E-state index in [9.17, 15) is 4.79 Å². The molecular weight excluding hydrogens is 256 g/mol. The summed E-state index contributed by atoms with van der Waals surface area (Å²) in [5, 5.41) is 0. The number of aromatic nitrogens is 1. The van der Waals surface area contributed by atoms with Gasteiger partial charge in [-0.2, -0.15) is 0 Å². The summed E-state index contributed by atoms with van der Waals surface area (Å²) in [5.74, 6) is 0.250. The number of para-hydroxylation sites is 1. The summed E-state index contributed by atoms with van der Waals surface area (Å²) in [4.78, 5) is 15.4. The number of nitrogens with zero attached hydrogens (tertiary/aromatic N) is 1. The highest BCUT2D eigenvalue weighted by molar-refractivity contribution is 5.88. The summed E-state index contributed by atoms with van der Waals surface area (Å²) in [6.45, 7) is 2.22. The van der Waals surface area contributed by atoms with Crippen LogP contribution in [-0.2, 0) is 11.3 Å². The fourth-order valence-corrected chi connectivity index (χ4v) is 1.77. The molecule has 0 fully saturated rings. The molecule has 0 amide bonds. The van der Waals surface area contributed by atoms with Crippen molar-refractivity contribution in [2.24, 2.45) is 0 Å². The van der Waals surface area contributed by atoms with E-state index in [1.165, 1.54) is 13.3 Å². The van der Waals surface area contributed by atoms with Gasteiger partial charge in [-0.05, 0) is 30.7 Å². The summed E-state index contributed by atoms with van der Waals surface area (Å²) in [6.07, 6.45) is 1.46. The smallest absolute Gasteiger partial charge is 0.339 e. The van der Waals surface area contributed by atoms with E-state index in [0.717, 1.165) is 5.56 Å². The molecule has 0 unspecified atom stereocenters. The Morgan fingerprint density at radius 3 is 2.70 bits per heavy atom. The van der Waals surface area contributed by atoms with E-state index in [2.05, 4.69) is 9.72 Å². The SMILES string of the molecule is COC(=O)c1ccc(COc2c(C)cccc2N)nc1. The van der Waals surface area contributed by atoms with E-state index in [4.69, 9.17) is 10.5 Å². The minimum atomic E-state index is -0.409. The first-order valence-electron chi connectivity index (χ1n) is 6.13. The summed E-state index contributed by atoms with van der Waals surface area (Å²) in [5.41, 5.74) is 8.54. The van der Waals surface area contributed by atoms with Crippen LogP contribution in [-0.4, -0.2) is 18.1 Å². The van der Waals surface area contributed by atoms with E-state index >= 15 is 0 Å². The maximum Gasteiger partial charge on any atom is 0.339 e. The number of nitrogens with two attached hydrogens (primary N) is 1. The minimum Gasteiger partial charge on any atom is -0.485 e. The molecule has 0 aliphatic rings. The molecule has 2 aromatic rings. The number of esters is 1. The maximum absolute atomic E-state index is 11.3. The Labute approximate surface area is 117 Å². The van der Waals surface area contributed by atoms with Gasteiger partial charge >= 0.3 is 5.97 Å². The van der Waals surface area contributed by atoms with Crippen molar-refractivity contribution >= 4 is 11.7 Å². The number of nitrogen functional groups attached to an aromatic ring is 1. The first kappa shape index (κ1) is 13.9. The molecule has 0 radical (unpaired) electrons. The molecule has 0 aliphatic carbocycles. The van der Waals surface area contributed by atoms with Gasteiger partial charge < -0.3 is 15.2 Å². The molecule has 2 N–H and O–H groups in total. The molecular formula is C15H16N2O3. The van der Waals surface area contributed by atoms with Gasteiger partial charge in [-0.3, -0.25) is 4.98 Å². The summed E-state index contributed by atoms with van der Waals surface area (Å²) >= 11 is 0. The number of carbonyl (C=O) groups is 1. The van der Waals surface area contributed by atoms with Gasteiger partial charge in [0.25, 0.3) is 0 Å². The second-order valence-corrected chi connectivity index (χ2v) is 4.31. The van der Waals surface area contributed by atoms with Crippen molar-refractivity contribution in [1.29, 1.82) is 0 Å². The third-order valence-electron chi connectivity index (χ3n) is 2.85. The Morgan fingerprint density at radius 1 is 1.30 bits per heavy atom. The van der Waals surface area contributed by atoms with Crippen molar-refractivity contribution in [3.63, 3.8) is 0 Å². The molecule has 0 saturated carbocycles. The van der Waals surface area contributed by atoms with Crippen LogP contribution in [0.3, 0.4) is 0 Å². The second kappa shape index (κ2) is 6.06. The standard InChI is InChI=1S/C15H16N2O3/c1-10-4-3-5-13(16)14(10)20-9-12-7-6-11(8-17-12)15(18)19-2/h3-8H,9,16H2,1-2H3. The van der Waals surface area contributed by atoms with Crippen LogP contribution >= 0.6 is 0 Å². The van der Waals surface area contributed by atoms with Crippen LogP contribution in [0.2, 0.25) is 0 Å². The second-order valence-electron chi connectivity index (χ2n) is 4.31. The van der Waals surface area contributed by atoms with Gasteiger partial charge in [-0.15, -0.1) is 0 Å². The highest BCUT2D eigenvalue weighted by Crippen LogP contribution is 2.26. The Morgan fingerprint density at radius 2 is 2.10 bits per heavy atom. The number of anilines is 1. The molecule has 1 aromatic heterocycles. The fraction of sp³-hybridized carbons (Fsp3) is 0.200. The molecule has 20 heavy (non-hydrogen) atoms. The van der Waals surface area contributed by atoms with Crippen molar-refractivity contribution in [1.82, 2.24) is 4.98 Å². The third-order valence-corrected chi connectivity index (χ3v) is 2.85. The van der Waals surface area contributed by atoms with Crippen LogP contribution in [0.5, 0.6) is 5.75 Å². The number of rotatable bonds is 4. The first-order chi connectivity index (χ1) is 9.61. The Balaban J connectivity index is 2.06. The van der Waals surface area contributed by atoms with Crippen LogP contribution in [0, 0.1) is 6.92 Å². The van der Waals surface area contributed by atoms with Gasteiger partial charge in [0.1, 0.15) is 12.4 Å². The van der Waals surface area contributed by atoms with Crippen molar-refractivity contribution < 1.29 is 14.3 Å². The van der Waals surface area contributed by atoms with Crippen molar-refractivity contribution in [2.75, 3.05) is 12.8 Å². The molecule has 0 aliphatic heterocycles. The first-order valence-corrected chi connectivity index (χ1v) is 6.13. The van der Waals surface area contributed by atoms with E-state index < -0.39 is 5.97 Å². The summed E-state index contributed by atoms with van der Waals surface area (Å²) in [7, 11) is 1.33. The molecule has 104 valence electrons. The van der Waals surface area contributed by atoms with Gasteiger partial charge in [0.2, 0.25) is 0 Å². The quantitative estimate of drug-likeness (QED) is 0.683. The molecule has 0 atom stereocenters. The lowest BCUT2D eigenvalue weighted by Crippen LogP contribution is -2.05. The van der Waals surface area contributed by atoms with E-state index in [-0.39, 0.29) is 6.61 Å². The lowest BCUT2D eigenvalue weighted by atomic mass is 10.2. The van der Waals surface area contributed by atoms with E-state index in [0.29, 0.717) is 22.7 Å². The number of benzene rings is 1. The predicted octanol–water partition coefficient (Wildman–Crippen LogP) is 2.34. The van der Waals surface area contributed by atoms with Crippen molar-refractivity contribution in [3.8, 4) is 5.75 Å². The van der Waals surface area contributed by atoms with Gasteiger partial charge in [-0.25, -0.2) is 4.79 Å². The highest BCUT2D eigenvalue weighted by atomic mass is 16.5. The fourth-order valence-electron chi connectivity index (χ4n) is 1.77. The number of pyridine rings is 1. The van der Waals surface area contributed by atoms with Gasteiger partial charge in [0.05, 0.1) is 24.1 Å². The number of methoxy groups -OCH3 is 1. The Bertz CT molecular complexity index is 589. The number of hydrogen-bond acceptors (Lipinski definition) is 5. The van der Waals surface area contributed by atoms with Crippen LogP contribution < -0.4 is 10.5 Å². The highest BCUT2D eigenvalue weighted by Gasteiger charge is 2.07. The molecule has 5 heteroatoms. The number of aryl methyl sites for hydroxylation is 1. The van der Waals surface area contributed by atoms with Crippen molar-refractivity contribution in [2.45, 2.75) is 13.5 Å². The average molecular weight is 272 g/mol. The molecule has 0 spiro atoms. The average Bonchev–Trinajstić information content (AvgIpc) is 2.46. The zero-order valence-electron chi connectivity index (χ0n) is 11.4. The normalized spacial score (nSPS) is 10.1. The topological polar surface area (TPSA) is 74.4 Å². The Hall–Kier alpha value is -2.56. The molecule has 0 saturated heterocycles. The van der Waals surface area contributed by atoms with Crippen LogP contribution in [0.15, 0.2) is 36.5 Å². The molecule has 1 aromatic carbocycles. The molecule has 5 nitrogen and oxygen atoms in total. The zero-order valence-corrected chi connectivity index (χ0v) is 11.4. The van der Waals surface area contributed by atoms with Gasteiger partial charge in [0.15, 0.2) is 0 Å². The van der Waals surface area contributed by atoms with Gasteiger partial charge in [0, 0.05) is 6.20 Å². The van der Waals surface area contributed by atoms with E-state index in [1.807, 2.05) is 19.1 Å². The lowest BCUT2D eigenvalue weighted by Gasteiger charge is -2.11. The molecule has 0 bridgehead atoms. The third kappa shape index (κ3) is 3.06. The van der Waals surface area contributed by atoms with Crippen LogP contribution in [0.4, 0.5) is 5.69 Å². The largest absolute Gasteiger partial charge is 0.485 e. The number of ether oxygens (including phenoxy) is 2. The van der Waals surface area contributed by atoms with Crippen LogP contribution in [0.25, 0.3) is 0 Å². The molecule has 2 rings (SSSR count). The van der Waals surface area contributed by atoms with Gasteiger partial charge in [-0.1, -0.05) is 12.1 Å². The van der Waals surface area contributed by atoms with Crippen molar-refractivity contribution in [3.05, 3.63) is 53.3 Å². The predicted molar refractivity (Wildman–Crippen MR) is 75.5 cm³/mol. The maximum atomic E-state index is 11.3. The minimum absolute atomic E-state index is 0.288. The number of carbonyl (C=O) groups excluding carboxylic acids is 1. The monoisotopic (exact) mass is 272 g/mol. The zero-order chi connectivity index (χ0) is 14.5. The molecule has 1 heterocycles. The summed E-state index contributed by atoms with van der Waals surface area (Å²) in [6, 6.07) is 8.97. The lowest BCUT2D eigenvalue weighted by molar-refractivity contribution is 0.0600. The Kier molecular flexibility index (Phi) is 4.20. The summed E-state index contributed by atoms with van der Waals surface area (Å²) < 4.78 is 10.3. The van der Waals surface area contributed by atoms with Crippen LogP contribution in [0.1, 0.15) is 21.6 Å². The number of hydrogen-bond donors (Lipinski definition) is 1.